The lowest BCUT2D eigenvalue weighted by Gasteiger charge is -2.28. The molecule has 0 bridgehead atoms. The van der Waals surface area contributed by atoms with Gasteiger partial charge >= 0.3 is 5.97 Å². The van der Waals surface area contributed by atoms with Crippen LogP contribution in [0.3, 0.4) is 0 Å². The van der Waals surface area contributed by atoms with Gasteiger partial charge in [0.05, 0.1) is 16.9 Å². The van der Waals surface area contributed by atoms with Crippen LogP contribution in [-0.2, 0) is 5.41 Å². The molecule has 0 heterocycles. The molecule has 41 heavy (non-hydrogen) atoms. The lowest BCUT2D eigenvalue weighted by atomic mass is 9.77. The minimum Gasteiger partial charge on any atom is -0.508 e. The molecule has 9 heteroatoms. The van der Waals surface area contributed by atoms with Crippen molar-refractivity contribution in [1.82, 2.24) is 0 Å². The molecule has 0 spiro atoms. The monoisotopic (exact) mass is 554 g/mol. The van der Waals surface area contributed by atoms with E-state index in [9.17, 15) is 34.8 Å². The number of rotatable bonds is 7. The van der Waals surface area contributed by atoms with E-state index in [4.69, 9.17) is 0 Å². The molecule has 0 aliphatic heterocycles. The van der Waals surface area contributed by atoms with Crippen LogP contribution in [0.15, 0.2) is 72.8 Å². The van der Waals surface area contributed by atoms with Gasteiger partial charge in [0.25, 0.3) is 11.8 Å². The van der Waals surface area contributed by atoms with Crippen molar-refractivity contribution >= 4 is 29.2 Å². The zero-order valence-electron chi connectivity index (χ0n) is 22.9. The normalized spacial score (nSPS) is 11.1. The standard InChI is InChI=1S/C32H30N2O7/c1-17-13-19(5-9-23(17)31(40)41)29(38)33-24-15-21(7-11-27(24)36)32(3,4)22-8-12-28(37)25(16-22)34-30(39)20-6-10-26(35)18(2)14-20/h5-16,35-37H,1-4H3,(H,33,38)(H,34,39)(H,40,41). The summed E-state index contributed by atoms with van der Waals surface area (Å²) in [5.41, 5.74) is 2.73. The van der Waals surface area contributed by atoms with E-state index in [1.807, 2.05) is 13.8 Å². The molecule has 0 aromatic heterocycles. The molecule has 0 aliphatic carbocycles. The van der Waals surface area contributed by atoms with Gasteiger partial charge in [-0.05, 0) is 96.8 Å². The van der Waals surface area contributed by atoms with Gasteiger partial charge in [-0.3, -0.25) is 9.59 Å². The number of hydrogen-bond donors (Lipinski definition) is 6. The predicted octanol–water partition coefficient (Wildman–Crippen LogP) is 5.95. The average molecular weight is 555 g/mol. The largest absolute Gasteiger partial charge is 0.508 e. The molecule has 2 amide bonds. The van der Waals surface area contributed by atoms with E-state index >= 15 is 0 Å². The zero-order chi connectivity index (χ0) is 30.1. The van der Waals surface area contributed by atoms with Crippen LogP contribution >= 0.6 is 0 Å². The van der Waals surface area contributed by atoms with Gasteiger partial charge in [-0.25, -0.2) is 4.79 Å². The van der Waals surface area contributed by atoms with Gasteiger partial charge in [0.2, 0.25) is 0 Å². The maximum Gasteiger partial charge on any atom is 0.335 e. The van der Waals surface area contributed by atoms with Crippen molar-refractivity contribution in [2.24, 2.45) is 0 Å². The fourth-order valence-corrected chi connectivity index (χ4v) is 4.45. The van der Waals surface area contributed by atoms with E-state index in [2.05, 4.69) is 10.6 Å². The number of hydrogen-bond acceptors (Lipinski definition) is 6. The smallest absolute Gasteiger partial charge is 0.335 e. The van der Waals surface area contributed by atoms with Gasteiger partial charge in [-0.2, -0.15) is 0 Å². The third-order valence-electron chi connectivity index (χ3n) is 7.11. The second-order valence-corrected chi connectivity index (χ2v) is 10.3. The molecule has 210 valence electrons. The zero-order valence-corrected chi connectivity index (χ0v) is 22.9. The summed E-state index contributed by atoms with van der Waals surface area (Å²) in [5, 5.41) is 45.3. The van der Waals surface area contributed by atoms with E-state index in [1.54, 1.807) is 44.2 Å². The summed E-state index contributed by atoms with van der Waals surface area (Å²) in [6, 6.07) is 18.3. The van der Waals surface area contributed by atoms with Gasteiger partial charge in [0.15, 0.2) is 0 Å². The molecular formula is C32H30N2O7. The van der Waals surface area contributed by atoms with Crippen molar-refractivity contribution in [3.8, 4) is 17.2 Å². The highest BCUT2D eigenvalue weighted by molar-refractivity contribution is 6.06. The van der Waals surface area contributed by atoms with Crippen LogP contribution in [0.1, 0.15) is 67.2 Å². The van der Waals surface area contributed by atoms with E-state index in [0.717, 1.165) is 11.1 Å². The number of phenolic OH excluding ortho intramolecular Hbond substituents is 3. The quantitative estimate of drug-likeness (QED) is 0.154. The number of carbonyl (C=O) groups is 3. The molecule has 0 fully saturated rings. The van der Waals surface area contributed by atoms with Crippen molar-refractivity contribution in [2.75, 3.05) is 10.6 Å². The van der Waals surface area contributed by atoms with Crippen LogP contribution in [0.5, 0.6) is 17.2 Å². The fraction of sp³-hybridized carbons (Fsp3) is 0.156. The molecule has 4 aromatic carbocycles. The lowest BCUT2D eigenvalue weighted by Crippen LogP contribution is -2.20. The van der Waals surface area contributed by atoms with E-state index < -0.39 is 23.2 Å². The molecule has 6 N–H and O–H groups in total. The summed E-state index contributed by atoms with van der Waals surface area (Å²) in [7, 11) is 0. The Morgan fingerprint density at radius 3 is 1.49 bits per heavy atom. The average Bonchev–Trinajstić information content (AvgIpc) is 2.92. The van der Waals surface area contributed by atoms with Crippen LogP contribution in [0.2, 0.25) is 0 Å². The number of nitrogens with one attached hydrogen (secondary N) is 2. The van der Waals surface area contributed by atoms with Gasteiger partial charge in [0.1, 0.15) is 17.2 Å². The SMILES string of the molecule is Cc1cc(C(=O)Nc2cc(C(C)(C)c3ccc(O)c(NC(=O)c4ccc(C(=O)O)c(C)c4)c3)ccc2O)ccc1O. The Hall–Kier alpha value is -5.31. The molecule has 4 aromatic rings. The Morgan fingerprint density at radius 2 is 1.05 bits per heavy atom. The Balaban J connectivity index is 1.60. The van der Waals surface area contributed by atoms with Crippen LogP contribution in [0, 0.1) is 13.8 Å². The van der Waals surface area contributed by atoms with Crippen molar-refractivity contribution in [1.29, 1.82) is 0 Å². The lowest BCUT2D eigenvalue weighted by molar-refractivity contribution is 0.0695. The number of aromatic carboxylic acids is 1. The molecule has 0 aliphatic rings. The van der Waals surface area contributed by atoms with Crippen molar-refractivity contribution in [2.45, 2.75) is 33.1 Å². The number of amides is 2. The summed E-state index contributed by atoms with van der Waals surface area (Å²) in [6.45, 7) is 7.11. The Morgan fingerprint density at radius 1 is 0.610 bits per heavy atom. The van der Waals surface area contributed by atoms with Crippen molar-refractivity contribution in [3.05, 3.63) is 112 Å². The highest BCUT2D eigenvalue weighted by Gasteiger charge is 2.26. The molecule has 0 atom stereocenters. The molecular weight excluding hydrogens is 524 g/mol. The van der Waals surface area contributed by atoms with Gasteiger partial charge in [-0.1, -0.05) is 26.0 Å². The molecule has 0 unspecified atom stereocenters. The second-order valence-electron chi connectivity index (χ2n) is 10.3. The second kappa shape index (κ2) is 11.1. The highest BCUT2D eigenvalue weighted by Crippen LogP contribution is 2.38. The number of carbonyl (C=O) groups excluding carboxylic acids is 2. The number of carboxylic acid groups (broad SMARTS) is 1. The summed E-state index contributed by atoms with van der Waals surface area (Å²) in [6.07, 6.45) is 0. The minimum atomic E-state index is -1.09. The Kier molecular flexibility index (Phi) is 7.73. The van der Waals surface area contributed by atoms with E-state index in [-0.39, 0.29) is 39.8 Å². The summed E-state index contributed by atoms with van der Waals surface area (Å²) in [4.78, 5) is 37.0. The van der Waals surface area contributed by atoms with Crippen molar-refractivity contribution < 1.29 is 34.8 Å². The number of aryl methyl sites for hydroxylation is 2. The van der Waals surface area contributed by atoms with Crippen LogP contribution in [0.4, 0.5) is 11.4 Å². The van der Waals surface area contributed by atoms with E-state index in [0.29, 0.717) is 16.7 Å². The first-order valence-corrected chi connectivity index (χ1v) is 12.7. The third kappa shape index (κ3) is 5.99. The van der Waals surface area contributed by atoms with Gasteiger partial charge < -0.3 is 31.1 Å². The topological polar surface area (TPSA) is 156 Å². The summed E-state index contributed by atoms with van der Waals surface area (Å²) in [5.74, 6) is -2.27. The summed E-state index contributed by atoms with van der Waals surface area (Å²) < 4.78 is 0. The first kappa shape index (κ1) is 28.7. The number of anilines is 2. The fourth-order valence-electron chi connectivity index (χ4n) is 4.45. The number of phenols is 3. The highest BCUT2D eigenvalue weighted by atomic mass is 16.4. The molecule has 0 saturated carbocycles. The van der Waals surface area contributed by atoms with E-state index in [1.165, 1.54) is 42.5 Å². The number of aromatic hydroxyl groups is 3. The number of carboxylic acids is 1. The minimum absolute atomic E-state index is 0.0730. The maximum atomic E-state index is 12.9. The number of benzene rings is 4. The Labute approximate surface area is 236 Å². The first-order chi connectivity index (χ1) is 19.3. The maximum absolute atomic E-state index is 12.9. The Bertz CT molecular complexity index is 1690. The van der Waals surface area contributed by atoms with Crippen LogP contribution in [-0.4, -0.2) is 38.2 Å². The first-order valence-electron chi connectivity index (χ1n) is 12.7. The van der Waals surface area contributed by atoms with Gasteiger partial charge in [0, 0.05) is 16.5 Å². The van der Waals surface area contributed by atoms with Crippen LogP contribution in [0.25, 0.3) is 0 Å². The molecule has 9 nitrogen and oxygen atoms in total. The van der Waals surface area contributed by atoms with Crippen LogP contribution < -0.4 is 10.6 Å². The predicted molar refractivity (Wildman–Crippen MR) is 155 cm³/mol. The van der Waals surface area contributed by atoms with Gasteiger partial charge in [-0.15, -0.1) is 0 Å². The van der Waals surface area contributed by atoms with Crippen molar-refractivity contribution in [3.63, 3.8) is 0 Å². The summed E-state index contributed by atoms with van der Waals surface area (Å²) >= 11 is 0. The molecule has 0 radical (unpaired) electrons. The molecule has 4 rings (SSSR count). The molecule has 0 saturated heterocycles. The third-order valence-corrected chi connectivity index (χ3v) is 7.11.